The Morgan fingerprint density at radius 2 is 1.42 bits per heavy atom. The molecule has 4 heteroatoms. The van der Waals surface area contributed by atoms with Crippen LogP contribution in [0.1, 0.15) is 32.6 Å². The van der Waals surface area contributed by atoms with E-state index >= 15 is 0 Å². The van der Waals surface area contributed by atoms with Crippen LogP contribution < -0.4 is 10.6 Å². The molecule has 0 aliphatic heterocycles. The first-order valence-corrected chi connectivity index (χ1v) is 11.5. The highest BCUT2D eigenvalue weighted by Crippen LogP contribution is 2.44. The molecule has 0 saturated carbocycles. The highest BCUT2D eigenvalue weighted by molar-refractivity contribution is 7.99. The maximum atomic E-state index is 13.6. The normalized spacial score (nSPS) is 11.5. The van der Waals surface area contributed by atoms with Gasteiger partial charge in [0, 0.05) is 16.4 Å². The van der Waals surface area contributed by atoms with Crippen molar-refractivity contribution in [1.29, 1.82) is 0 Å². The molecule has 0 atom stereocenters. The van der Waals surface area contributed by atoms with Crippen molar-refractivity contribution in [3.8, 4) is 0 Å². The topological polar surface area (TPSA) is 26.3 Å². The van der Waals surface area contributed by atoms with Crippen LogP contribution in [0, 0.1) is 0 Å². The first kappa shape index (κ1) is 19.3. The third-order valence-corrected chi connectivity index (χ3v) is 7.37. The largest absolute Gasteiger partial charge is 0.321 e. The Morgan fingerprint density at radius 3 is 1.96 bits per heavy atom. The zero-order valence-corrected chi connectivity index (χ0v) is 16.1. The van der Waals surface area contributed by atoms with Crippen molar-refractivity contribution in [2.75, 3.05) is 18.1 Å². The fourth-order valence-corrected chi connectivity index (χ4v) is 5.52. The van der Waals surface area contributed by atoms with Gasteiger partial charge in [-0.25, -0.2) is 0 Å². The van der Waals surface area contributed by atoms with Crippen LogP contribution in [0.5, 0.6) is 0 Å². The molecule has 0 aliphatic carbocycles. The fraction of sp³-hybridized carbons (Fsp3) is 0.400. The average molecular weight is 362 g/mol. The van der Waals surface area contributed by atoms with Gasteiger partial charge in [0.05, 0.1) is 6.61 Å². The molecule has 0 heterocycles. The molecule has 0 amide bonds. The summed E-state index contributed by atoms with van der Waals surface area (Å²) in [4.78, 5) is 0. The van der Waals surface area contributed by atoms with Gasteiger partial charge < -0.3 is 4.52 Å². The van der Waals surface area contributed by atoms with Gasteiger partial charge in [-0.2, -0.15) is 11.8 Å². The molecule has 0 saturated heterocycles. The summed E-state index contributed by atoms with van der Waals surface area (Å²) in [5.41, 5.74) is 0. The third kappa shape index (κ3) is 5.81. The summed E-state index contributed by atoms with van der Waals surface area (Å²) in [6.07, 6.45) is 5.14. The summed E-state index contributed by atoms with van der Waals surface area (Å²) in [6.45, 7) is 2.74. The van der Waals surface area contributed by atoms with E-state index in [9.17, 15) is 4.57 Å². The molecule has 0 unspecified atom stereocenters. The molecule has 0 fully saturated rings. The molecule has 2 nitrogen and oxygen atoms in total. The second-order valence-electron chi connectivity index (χ2n) is 5.73. The van der Waals surface area contributed by atoms with Gasteiger partial charge in [0.2, 0.25) is 0 Å². The second-order valence-corrected chi connectivity index (χ2v) is 9.35. The first-order valence-electron chi connectivity index (χ1n) is 8.71. The van der Waals surface area contributed by atoms with Crippen LogP contribution in [-0.4, -0.2) is 18.1 Å². The standard InChI is InChI=1S/C20H27O2PS/c1-2-3-4-11-17-24-18-16-22-23(21,19-12-7-5-8-13-19)20-14-9-6-10-15-20/h5-10,12-15H,2-4,11,16-18H2,1H3. The molecule has 0 spiro atoms. The molecule has 130 valence electrons. The van der Waals surface area contributed by atoms with Crippen molar-refractivity contribution in [3.05, 3.63) is 60.7 Å². The highest BCUT2D eigenvalue weighted by Gasteiger charge is 2.27. The van der Waals surface area contributed by atoms with E-state index in [1.165, 1.54) is 25.7 Å². The number of unbranched alkanes of at least 4 members (excludes halogenated alkanes) is 3. The zero-order chi connectivity index (χ0) is 17.1. The Morgan fingerprint density at radius 1 is 0.833 bits per heavy atom. The van der Waals surface area contributed by atoms with E-state index < -0.39 is 7.37 Å². The number of hydrogen-bond acceptors (Lipinski definition) is 3. The molecule has 0 N–H and O–H groups in total. The van der Waals surface area contributed by atoms with E-state index in [1.807, 2.05) is 72.4 Å². The maximum absolute atomic E-state index is 13.6. The minimum absolute atomic E-state index is 0.513. The summed E-state index contributed by atoms with van der Waals surface area (Å²) in [6, 6.07) is 19.1. The van der Waals surface area contributed by atoms with Crippen molar-refractivity contribution in [3.63, 3.8) is 0 Å². The van der Waals surface area contributed by atoms with Crippen molar-refractivity contribution in [2.24, 2.45) is 0 Å². The maximum Gasteiger partial charge on any atom is 0.261 e. The summed E-state index contributed by atoms with van der Waals surface area (Å²) in [5, 5.41) is 1.54. The summed E-state index contributed by atoms with van der Waals surface area (Å²) < 4.78 is 19.5. The van der Waals surface area contributed by atoms with E-state index in [0.717, 1.165) is 22.1 Å². The van der Waals surface area contributed by atoms with E-state index in [0.29, 0.717) is 6.61 Å². The lowest BCUT2D eigenvalue weighted by Gasteiger charge is -2.19. The number of hydrogen-bond donors (Lipinski definition) is 0. The van der Waals surface area contributed by atoms with Gasteiger partial charge in [-0.05, 0) is 36.4 Å². The Kier molecular flexibility index (Phi) is 8.66. The Balaban J connectivity index is 1.93. The Bertz CT molecular complexity index is 573. The van der Waals surface area contributed by atoms with Crippen LogP contribution in [0.25, 0.3) is 0 Å². The van der Waals surface area contributed by atoms with Crippen LogP contribution in [0.3, 0.4) is 0 Å². The minimum atomic E-state index is -3.00. The molecule has 0 aliphatic rings. The lowest BCUT2D eigenvalue weighted by Crippen LogP contribution is -2.19. The van der Waals surface area contributed by atoms with Crippen molar-refractivity contribution < 1.29 is 9.09 Å². The van der Waals surface area contributed by atoms with Gasteiger partial charge in [0.15, 0.2) is 0 Å². The monoisotopic (exact) mass is 362 g/mol. The lowest BCUT2D eigenvalue weighted by atomic mass is 10.2. The molecule has 2 rings (SSSR count). The van der Waals surface area contributed by atoms with Gasteiger partial charge in [0.25, 0.3) is 7.37 Å². The quantitative estimate of drug-likeness (QED) is 0.404. The molecule has 24 heavy (non-hydrogen) atoms. The first-order chi connectivity index (χ1) is 11.8. The summed E-state index contributed by atoms with van der Waals surface area (Å²) in [7, 11) is -3.00. The molecule has 0 radical (unpaired) electrons. The summed E-state index contributed by atoms with van der Waals surface area (Å²) in [5.74, 6) is 2.04. The highest BCUT2D eigenvalue weighted by atomic mass is 32.2. The predicted molar refractivity (Wildman–Crippen MR) is 107 cm³/mol. The number of rotatable bonds is 11. The molecular formula is C20H27O2PS. The lowest BCUT2D eigenvalue weighted by molar-refractivity contribution is 0.351. The Hall–Kier alpha value is -1.02. The van der Waals surface area contributed by atoms with Crippen molar-refractivity contribution >= 4 is 29.7 Å². The van der Waals surface area contributed by atoms with Gasteiger partial charge in [-0.1, -0.05) is 62.6 Å². The van der Waals surface area contributed by atoms with Crippen LogP contribution in [0.4, 0.5) is 0 Å². The number of thioether (sulfide) groups is 1. The minimum Gasteiger partial charge on any atom is -0.321 e. The Labute approximate surface area is 150 Å². The van der Waals surface area contributed by atoms with Gasteiger partial charge >= 0.3 is 0 Å². The van der Waals surface area contributed by atoms with Crippen molar-refractivity contribution in [1.82, 2.24) is 0 Å². The van der Waals surface area contributed by atoms with E-state index in [2.05, 4.69) is 6.92 Å². The number of benzene rings is 2. The van der Waals surface area contributed by atoms with Crippen LogP contribution in [0.15, 0.2) is 60.7 Å². The fourth-order valence-electron chi connectivity index (χ4n) is 2.50. The molecule has 0 aromatic heterocycles. The smallest absolute Gasteiger partial charge is 0.261 e. The van der Waals surface area contributed by atoms with Crippen LogP contribution in [0.2, 0.25) is 0 Å². The van der Waals surface area contributed by atoms with Crippen molar-refractivity contribution in [2.45, 2.75) is 32.6 Å². The third-order valence-electron chi connectivity index (χ3n) is 3.84. The van der Waals surface area contributed by atoms with Crippen LogP contribution >= 0.6 is 19.1 Å². The van der Waals surface area contributed by atoms with E-state index in [1.54, 1.807) is 0 Å². The van der Waals surface area contributed by atoms with E-state index in [-0.39, 0.29) is 0 Å². The second kappa shape index (κ2) is 10.8. The molecule has 0 bridgehead atoms. The average Bonchev–Trinajstić information content (AvgIpc) is 2.65. The van der Waals surface area contributed by atoms with Gasteiger partial charge in [-0.15, -0.1) is 0 Å². The van der Waals surface area contributed by atoms with Gasteiger partial charge in [0.1, 0.15) is 0 Å². The molecule has 2 aromatic carbocycles. The zero-order valence-electron chi connectivity index (χ0n) is 14.4. The van der Waals surface area contributed by atoms with Crippen LogP contribution in [-0.2, 0) is 9.09 Å². The molecule has 2 aromatic rings. The SMILES string of the molecule is CCCCCCSCCOP(=O)(c1ccccc1)c1ccccc1. The summed E-state index contributed by atoms with van der Waals surface area (Å²) >= 11 is 1.89. The predicted octanol–water partition coefficient (Wildman–Crippen LogP) is 5.25. The molecular weight excluding hydrogens is 335 g/mol. The van der Waals surface area contributed by atoms with Gasteiger partial charge in [-0.3, -0.25) is 4.57 Å². The van der Waals surface area contributed by atoms with E-state index in [4.69, 9.17) is 4.52 Å².